The molecular formula is C19H21ClN2O. The summed E-state index contributed by atoms with van der Waals surface area (Å²) in [6, 6.07) is 16.4. The molecule has 3 aromatic rings. The fraction of sp³-hybridized carbons (Fsp3) is 0.316. The Hall–Kier alpha value is -1.84. The van der Waals surface area contributed by atoms with E-state index in [0.717, 1.165) is 29.8 Å². The molecule has 3 nitrogen and oxygen atoms in total. The molecule has 0 saturated heterocycles. The van der Waals surface area contributed by atoms with Gasteiger partial charge in [0.15, 0.2) is 0 Å². The smallest absolute Gasteiger partial charge is 0.117 e. The normalized spacial score (nSPS) is 12.7. The molecule has 0 amide bonds. The molecule has 0 aliphatic heterocycles. The second-order valence-corrected chi connectivity index (χ2v) is 6.06. The number of fused-ring (bicyclic) bond motifs is 1. The van der Waals surface area contributed by atoms with Crippen molar-refractivity contribution in [2.24, 2.45) is 0 Å². The molecule has 2 aromatic carbocycles. The standard InChI is InChI=1S/C19H21ClN2O/c1-3-16(14-7-5-4-6-8-14)19-21-17-13-15(20)9-10-18(17)22(19)11-12-23-2/h4-10,13,16H,3,11-12H2,1-2H3. The Kier molecular flexibility index (Phi) is 4.99. The number of imidazole rings is 1. The number of rotatable bonds is 6. The molecule has 3 rings (SSSR count). The predicted octanol–water partition coefficient (Wildman–Crippen LogP) is 4.88. The maximum absolute atomic E-state index is 6.14. The fourth-order valence-electron chi connectivity index (χ4n) is 3.06. The average Bonchev–Trinajstić information content (AvgIpc) is 2.92. The summed E-state index contributed by atoms with van der Waals surface area (Å²) in [5.74, 6) is 1.34. The van der Waals surface area contributed by atoms with Crippen LogP contribution in [0.4, 0.5) is 0 Å². The summed E-state index contributed by atoms with van der Waals surface area (Å²) in [6.45, 7) is 3.64. The molecule has 0 aliphatic rings. The summed E-state index contributed by atoms with van der Waals surface area (Å²) < 4.78 is 7.55. The van der Waals surface area contributed by atoms with Crippen molar-refractivity contribution in [2.75, 3.05) is 13.7 Å². The first-order valence-electron chi connectivity index (χ1n) is 7.94. The number of nitrogens with zero attached hydrogens (tertiary/aromatic N) is 2. The predicted molar refractivity (Wildman–Crippen MR) is 95.2 cm³/mol. The molecule has 0 radical (unpaired) electrons. The zero-order valence-electron chi connectivity index (χ0n) is 13.5. The lowest BCUT2D eigenvalue weighted by Crippen LogP contribution is -2.12. The summed E-state index contributed by atoms with van der Waals surface area (Å²) in [4.78, 5) is 4.90. The van der Waals surface area contributed by atoms with Crippen LogP contribution in [0.15, 0.2) is 48.5 Å². The first-order chi connectivity index (χ1) is 11.2. The van der Waals surface area contributed by atoms with Gasteiger partial charge in [-0.15, -0.1) is 0 Å². The van der Waals surface area contributed by atoms with E-state index in [9.17, 15) is 0 Å². The third kappa shape index (κ3) is 3.26. The zero-order valence-corrected chi connectivity index (χ0v) is 14.3. The fourth-order valence-corrected chi connectivity index (χ4v) is 3.22. The average molecular weight is 329 g/mol. The highest BCUT2D eigenvalue weighted by Gasteiger charge is 2.20. The molecule has 1 atom stereocenters. The Morgan fingerprint density at radius 2 is 1.96 bits per heavy atom. The van der Waals surface area contributed by atoms with Crippen LogP contribution in [0.3, 0.4) is 0 Å². The van der Waals surface area contributed by atoms with Crippen LogP contribution < -0.4 is 0 Å². The van der Waals surface area contributed by atoms with E-state index in [-0.39, 0.29) is 5.92 Å². The second kappa shape index (κ2) is 7.16. The zero-order chi connectivity index (χ0) is 16.2. The maximum atomic E-state index is 6.14. The lowest BCUT2D eigenvalue weighted by molar-refractivity contribution is 0.187. The van der Waals surface area contributed by atoms with Crippen LogP contribution in [-0.2, 0) is 11.3 Å². The van der Waals surface area contributed by atoms with E-state index in [2.05, 4.69) is 35.8 Å². The molecule has 0 aliphatic carbocycles. The van der Waals surface area contributed by atoms with Gasteiger partial charge in [-0.05, 0) is 30.2 Å². The van der Waals surface area contributed by atoms with Crippen molar-refractivity contribution < 1.29 is 4.74 Å². The van der Waals surface area contributed by atoms with Crippen molar-refractivity contribution in [3.05, 3.63) is 64.9 Å². The van der Waals surface area contributed by atoms with E-state index in [1.807, 2.05) is 24.3 Å². The molecule has 120 valence electrons. The largest absolute Gasteiger partial charge is 0.383 e. The minimum absolute atomic E-state index is 0.263. The van der Waals surface area contributed by atoms with Gasteiger partial charge in [0.25, 0.3) is 0 Å². The highest BCUT2D eigenvalue weighted by molar-refractivity contribution is 6.31. The van der Waals surface area contributed by atoms with E-state index in [1.165, 1.54) is 5.56 Å². The Labute approximate surface area is 141 Å². The second-order valence-electron chi connectivity index (χ2n) is 5.62. The van der Waals surface area contributed by atoms with Crippen LogP contribution in [0, 0.1) is 0 Å². The van der Waals surface area contributed by atoms with Crippen LogP contribution >= 0.6 is 11.6 Å². The van der Waals surface area contributed by atoms with Gasteiger partial charge < -0.3 is 9.30 Å². The van der Waals surface area contributed by atoms with Crippen molar-refractivity contribution in [1.29, 1.82) is 0 Å². The van der Waals surface area contributed by atoms with Gasteiger partial charge in [-0.2, -0.15) is 0 Å². The number of hydrogen-bond donors (Lipinski definition) is 0. The maximum Gasteiger partial charge on any atom is 0.117 e. The summed E-state index contributed by atoms with van der Waals surface area (Å²) in [7, 11) is 1.73. The molecule has 0 bridgehead atoms. The van der Waals surface area contributed by atoms with Gasteiger partial charge in [0.05, 0.1) is 17.6 Å². The van der Waals surface area contributed by atoms with Crippen molar-refractivity contribution in [2.45, 2.75) is 25.8 Å². The monoisotopic (exact) mass is 328 g/mol. The number of ether oxygens (including phenoxy) is 1. The highest BCUT2D eigenvalue weighted by Crippen LogP contribution is 2.31. The molecular weight excluding hydrogens is 308 g/mol. The molecule has 1 heterocycles. The first-order valence-corrected chi connectivity index (χ1v) is 8.32. The van der Waals surface area contributed by atoms with E-state index >= 15 is 0 Å². The summed E-state index contributed by atoms with van der Waals surface area (Å²) in [5, 5.41) is 0.716. The van der Waals surface area contributed by atoms with Crippen LogP contribution in [0.25, 0.3) is 11.0 Å². The molecule has 0 N–H and O–H groups in total. The Morgan fingerprint density at radius 1 is 1.17 bits per heavy atom. The molecule has 4 heteroatoms. The summed E-state index contributed by atoms with van der Waals surface area (Å²) >= 11 is 6.14. The van der Waals surface area contributed by atoms with E-state index in [1.54, 1.807) is 7.11 Å². The molecule has 1 unspecified atom stereocenters. The number of methoxy groups -OCH3 is 1. The van der Waals surface area contributed by atoms with Crippen LogP contribution in [0.2, 0.25) is 5.02 Å². The number of hydrogen-bond acceptors (Lipinski definition) is 2. The topological polar surface area (TPSA) is 27.1 Å². The molecule has 0 saturated carbocycles. The minimum atomic E-state index is 0.263. The lowest BCUT2D eigenvalue weighted by atomic mass is 9.95. The number of aromatic nitrogens is 2. The van der Waals surface area contributed by atoms with Crippen molar-refractivity contribution >= 4 is 22.6 Å². The Balaban J connectivity index is 2.14. The van der Waals surface area contributed by atoms with Crippen LogP contribution in [0.1, 0.15) is 30.7 Å². The quantitative estimate of drug-likeness (QED) is 0.645. The number of halogens is 1. The van der Waals surface area contributed by atoms with Gasteiger partial charge >= 0.3 is 0 Å². The third-order valence-corrected chi connectivity index (χ3v) is 4.42. The van der Waals surface area contributed by atoms with E-state index < -0.39 is 0 Å². The van der Waals surface area contributed by atoms with Crippen molar-refractivity contribution in [1.82, 2.24) is 9.55 Å². The van der Waals surface area contributed by atoms with Crippen LogP contribution in [-0.4, -0.2) is 23.3 Å². The van der Waals surface area contributed by atoms with Crippen molar-refractivity contribution in [3.63, 3.8) is 0 Å². The molecule has 0 spiro atoms. The van der Waals surface area contributed by atoms with Gasteiger partial charge in [0, 0.05) is 24.6 Å². The molecule has 23 heavy (non-hydrogen) atoms. The van der Waals surface area contributed by atoms with Gasteiger partial charge in [0.1, 0.15) is 5.82 Å². The molecule has 0 fully saturated rings. The summed E-state index contributed by atoms with van der Waals surface area (Å²) in [6.07, 6.45) is 0.994. The Bertz CT molecular complexity index is 783. The third-order valence-electron chi connectivity index (χ3n) is 4.18. The van der Waals surface area contributed by atoms with Gasteiger partial charge in [-0.1, -0.05) is 48.9 Å². The van der Waals surface area contributed by atoms with Crippen LogP contribution in [0.5, 0.6) is 0 Å². The van der Waals surface area contributed by atoms with E-state index in [0.29, 0.717) is 11.6 Å². The summed E-state index contributed by atoms with van der Waals surface area (Å²) in [5.41, 5.74) is 3.34. The first kappa shape index (κ1) is 16.0. The van der Waals surface area contributed by atoms with Crippen molar-refractivity contribution in [3.8, 4) is 0 Å². The van der Waals surface area contributed by atoms with Gasteiger partial charge in [-0.25, -0.2) is 4.98 Å². The minimum Gasteiger partial charge on any atom is -0.383 e. The molecule has 1 aromatic heterocycles. The van der Waals surface area contributed by atoms with Gasteiger partial charge in [-0.3, -0.25) is 0 Å². The van der Waals surface area contributed by atoms with E-state index in [4.69, 9.17) is 21.3 Å². The highest BCUT2D eigenvalue weighted by atomic mass is 35.5. The SMILES string of the molecule is CCC(c1ccccc1)c1nc2cc(Cl)ccc2n1CCOC. The number of benzene rings is 2. The lowest BCUT2D eigenvalue weighted by Gasteiger charge is -2.17. The van der Waals surface area contributed by atoms with Gasteiger partial charge in [0.2, 0.25) is 0 Å². The Morgan fingerprint density at radius 3 is 2.65 bits per heavy atom.